The van der Waals surface area contributed by atoms with Gasteiger partial charge in [-0.25, -0.2) is 10.2 Å². The lowest BCUT2D eigenvalue weighted by atomic mass is 10.2. The van der Waals surface area contributed by atoms with Gasteiger partial charge in [-0.05, 0) is 55.8 Å². The minimum atomic E-state index is -0.462. The number of benzene rings is 2. The van der Waals surface area contributed by atoms with Crippen LogP contribution in [0.1, 0.15) is 29.8 Å². The molecule has 8 nitrogen and oxygen atoms in total. The number of rotatable bonds is 10. The lowest BCUT2D eigenvalue weighted by molar-refractivity contribution is -0.145. The zero-order valence-electron chi connectivity index (χ0n) is 16.9. The maximum atomic E-state index is 12.4. The molecule has 0 aliphatic rings. The van der Waals surface area contributed by atoms with Crippen LogP contribution in [-0.4, -0.2) is 45.0 Å². The van der Waals surface area contributed by atoms with Crippen LogP contribution < -0.4 is 19.6 Å². The summed E-state index contributed by atoms with van der Waals surface area (Å²) in [6.07, 6.45) is 1.47. The van der Waals surface area contributed by atoms with Crippen molar-refractivity contribution in [2.75, 3.05) is 26.9 Å². The number of methoxy groups -OCH3 is 1. The van der Waals surface area contributed by atoms with Gasteiger partial charge in [0, 0.05) is 4.47 Å². The average Bonchev–Trinajstić information content (AvgIpc) is 2.73. The van der Waals surface area contributed by atoms with E-state index in [9.17, 15) is 9.59 Å². The Morgan fingerprint density at radius 1 is 1.03 bits per heavy atom. The number of esters is 1. The molecule has 2 rings (SSSR count). The van der Waals surface area contributed by atoms with Gasteiger partial charge < -0.3 is 18.9 Å². The van der Waals surface area contributed by atoms with Crippen molar-refractivity contribution in [3.8, 4) is 17.2 Å². The van der Waals surface area contributed by atoms with Crippen molar-refractivity contribution in [2.24, 2.45) is 5.10 Å². The highest BCUT2D eigenvalue weighted by Gasteiger charge is 2.12. The largest absolute Gasteiger partial charge is 0.496 e. The van der Waals surface area contributed by atoms with Gasteiger partial charge in [-0.15, -0.1) is 0 Å². The summed E-state index contributed by atoms with van der Waals surface area (Å²) in [5.41, 5.74) is 3.48. The van der Waals surface area contributed by atoms with Crippen LogP contribution in [-0.2, 0) is 9.53 Å². The fraction of sp³-hybridized carbons (Fsp3) is 0.286. The van der Waals surface area contributed by atoms with E-state index in [4.69, 9.17) is 18.9 Å². The number of hydrazone groups is 1. The molecule has 160 valence electrons. The Kier molecular flexibility index (Phi) is 9.14. The monoisotopic (exact) mass is 478 g/mol. The second-order valence-electron chi connectivity index (χ2n) is 5.78. The number of hydrogen-bond donors (Lipinski definition) is 1. The standard InChI is InChI=1S/C21H23BrN2O6/c1-4-28-19-10-14(6-8-18(19)30-13-20(25)29-5-2)12-23-24-21(26)16-11-15(22)7-9-17(16)27-3/h6-12H,4-5,13H2,1-3H3,(H,24,26)/b23-12-. The molecule has 0 bridgehead atoms. The normalized spacial score (nSPS) is 10.5. The van der Waals surface area contributed by atoms with Crippen LogP contribution in [0.15, 0.2) is 46.0 Å². The van der Waals surface area contributed by atoms with Gasteiger partial charge in [0.1, 0.15) is 5.75 Å². The van der Waals surface area contributed by atoms with Crippen LogP contribution in [0.25, 0.3) is 0 Å². The van der Waals surface area contributed by atoms with Gasteiger partial charge >= 0.3 is 5.97 Å². The number of halogens is 1. The molecular formula is C21H23BrN2O6. The summed E-state index contributed by atoms with van der Waals surface area (Å²) in [7, 11) is 1.49. The molecule has 0 fully saturated rings. The number of carbonyl (C=O) groups excluding carboxylic acids is 2. The molecule has 0 aliphatic heterocycles. The quantitative estimate of drug-likeness (QED) is 0.318. The number of hydrogen-bond acceptors (Lipinski definition) is 7. The predicted molar refractivity (Wildman–Crippen MR) is 115 cm³/mol. The summed E-state index contributed by atoms with van der Waals surface area (Å²) in [6, 6.07) is 10.2. The Hall–Kier alpha value is -3.07. The molecule has 0 atom stereocenters. The Morgan fingerprint density at radius 3 is 2.50 bits per heavy atom. The van der Waals surface area contributed by atoms with Crippen LogP contribution in [0.4, 0.5) is 0 Å². The summed E-state index contributed by atoms with van der Waals surface area (Å²) < 4.78 is 21.8. The van der Waals surface area contributed by atoms with Crippen LogP contribution in [0, 0.1) is 0 Å². The van der Waals surface area contributed by atoms with Crippen molar-refractivity contribution >= 4 is 34.0 Å². The molecule has 2 aromatic carbocycles. The first-order chi connectivity index (χ1) is 14.5. The molecule has 0 unspecified atom stereocenters. The SMILES string of the molecule is CCOC(=O)COc1ccc(/C=N\NC(=O)c2cc(Br)ccc2OC)cc1OCC. The molecule has 0 saturated carbocycles. The van der Waals surface area contributed by atoms with Crippen LogP contribution in [0.5, 0.6) is 17.2 Å². The number of carbonyl (C=O) groups is 2. The third-order valence-electron chi connectivity index (χ3n) is 3.70. The van der Waals surface area contributed by atoms with Crippen molar-refractivity contribution < 1.29 is 28.5 Å². The van der Waals surface area contributed by atoms with E-state index in [2.05, 4.69) is 26.5 Å². The number of ether oxygens (including phenoxy) is 4. The number of amides is 1. The Balaban J connectivity index is 2.07. The van der Waals surface area contributed by atoms with Crippen molar-refractivity contribution in [3.05, 3.63) is 52.0 Å². The molecule has 9 heteroatoms. The predicted octanol–water partition coefficient (Wildman–Crippen LogP) is 3.56. The van der Waals surface area contributed by atoms with E-state index in [1.165, 1.54) is 13.3 Å². The highest BCUT2D eigenvalue weighted by Crippen LogP contribution is 2.28. The lowest BCUT2D eigenvalue weighted by Crippen LogP contribution is -2.18. The first kappa shape index (κ1) is 23.2. The first-order valence-electron chi connectivity index (χ1n) is 9.20. The molecule has 0 spiro atoms. The molecule has 0 radical (unpaired) electrons. The zero-order valence-corrected chi connectivity index (χ0v) is 18.5. The maximum absolute atomic E-state index is 12.4. The van der Waals surface area contributed by atoms with Gasteiger partial charge in [-0.1, -0.05) is 15.9 Å². The fourth-order valence-corrected chi connectivity index (χ4v) is 2.78. The third kappa shape index (κ3) is 6.77. The summed E-state index contributed by atoms with van der Waals surface area (Å²) in [5.74, 6) is 0.420. The Morgan fingerprint density at radius 2 is 1.80 bits per heavy atom. The summed E-state index contributed by atoms with van der Waals surface area (Å²) in [4.78, 5) is 23.9. The summed E-state index contributed by atoms with van der Waals surface area (Å²) in [6.45, 7) is 4.04. The van der Waals surface area contributed by atoms with Crippen molar-refractivity contribution in [1.82, 2.24) is 5.43 Å². The van der Waals surface area contributed by atoms with Gasteiger partial charge in [0.05, 0.1) is 32.1 Å². The van der Waals surface area contributed by atoms with E-state index >= 15 is 0 Å². The van der Waals surface area contributed by atoms with Crippen LogP contribution in [0.2, 0.25) is 0 Å². The van der Waals surface area contributed by atoms with Gasteiger partial charge in [0.2, 0.25) is 0 Å². The first-order valence-corrected chi connectivity index (χ1v) is 10.00. The van der Waals surface area contributed by atoms with Gasteiger partial charge in [0.25, 0.3) is 5.91 Å². The fourth-order valence-electron chi connectivity index (χ4n) is 2.42. The van der Waals surface area contributed by atoms with Crippen LogP contribution >= 0.6 is 15.9 Å². The molecule has 2 aromatic rings. The molecular weight excluding hydrogens is 456 g/mol. The molecule has 1 N–H and O–H groups in total. The van der Waals surface area contributed by atoms with E-state index < -0.39 is 11.9 Å². The third-order valence-corrected chi connectivity index (χ3v) is 4.20. The van der Waals surface area contributed by atoms with Crippen molar-refractivity contribution in [1.29, 1.82) is 0 Å². The zero-order chi connectivity index (χ0) is 21.9. The molecule has 0 heterocycles. The van der Waals surface area contributed by atoms with E-state index in [0.717, 1.165) is 4.47 Å². The second-order valence-corrected chi connectivity index (χ2v) is 6.69. The molecule has 0 aromatic heterocycles. The topological polar surface area (TPSA) is 95.5 Å². The van der Waals surface area contributed by atoms with E-state index in [1.54, 1.807) is 43.3 Å². The summed E-state index contributed by atoms with van der Waals surface area (Å²) >= 11 is 3.33. The highest BCUT2D eigenvalue weighted by atomic mass is 79.9. The average molecular weight is 479 g/mol. The Bertz CT molecular complexity index is 916. The number of nitrogens with one attached hydrogen (secondary N) is 1. The molecule has 0 saturated heterocycles. The number of nitrogens with zero attached hydrogens (tertiary/aromatic N) is 1. The second kappa shape index (κ2) is 11.8. The van der Waals surface area contributed by atoms with Crippen LogP contribution in [0.3, 0.4) is 0 Å². The van der Waals surface area contributed by atoms with Gasteiger partial charge in [-0.3, -0.25) is 4.79 Å². The smallest absolute Gasteiger partial charge is 0.344 e. The summed E-state index contributed by atoms with van der Waals surface area (Å²) in [5, 5.41) is 3.99. The van der Waals surface area contributed by atoms with E-state index in [0.29, 0.717) is 35.0 Å². The molecule has 1 amide bonds. The lowest BCUT2D eigenvalue weighted by Gasteiger charge is -2.12. The molecule has 30 heavy (non-hydrogen) atoms. The Labute approximate surface area is 183 Å². The minimum Gasteiger partial charge on any atom is -0.496 e. The van der Waals surface area contributed by atoms with Crippen molar-refractivity contribution in [3.63, 3.8) is 0 Å². The van der Waals surface area contributed by atoms with Gasteiger partial charge in [0.15, 0.2) is 18.1 Å². The van der Waals surface area contributed by atoms with Crippen molar-refractivity contribution in [2.45, 2.75) is 13.8 Å². The molecule has 0 aliphatic carbocycles. The van der Waals surface area contributed by atoms with E-state index in [1.807, 2.05) is 6.92 Å². The van der Waals surface area contributed by atoms with Gasteiger partial charge in [-0.2, -0.15) is 5.10 Å². The highest BCUT2D eigenvalue weighted by molar-refractivity contribution is 9.10. The minimum absolute atomic E-state index is 0.216. The maximum Gasteiger partial charge on any atom is 0.344 e. The van der Waals surface area contributed by atoms with E-state index in [-0.39, 0.29) is 13.2 Å².